The highest BCUT2D eigenvalue weighted by molar-refractivity contribution is 7.99. The fraction of sp³-hybridized carbons (Fsp3) is 0.700. The van der Waals surface area contributed by atoms with Crippen LogP contribution in [0, 0.1) is 0 Å². The Kier molecular flexibility index (Phi) is 4.19. The number of aromatic nitrogens is 2. The molecule has 0 radical (unpaired) electrons. The lowest BCUT2D eigenvalue weighted by atomic mass is 10.1. The number of nitrogens with zero attached hydrogens (tertiary/aromatic N) is 2. The van der Waals surface area contributed by atoms with Crippen LogP contribution in [0.3, 0.4) is 0 Å². The predicted octanol–water partition coefficient (Wildman–Crippen LogP) is 1.08. The summed E-state index contributed by atoms with van der Waals surface area (Å²) in [6, 6.07) is 0. The van der Waals surface area contributed by atoms with Crippen molar-refractivity contribution in [1.29, 1.82) is 0 Å². The highest BCUT2D eigenvalue weighted by Crippen LogP contribution is 2.23. The third-order valence-electron chi connectivity index (χ3n) is 1.95. The lowest BCUT2D eigenvalue weighted by molar-refractivity contribution is 0.113. The highest BCUT2D eigenvalue weighted by Gasteiger charge is 2.17. The van der Waals surface area contributed by atoms with Gasteiger partial charge in [-0.15, -0.1) is 0 Å². The zero-order valence-corrected chi connectivity index (χ0v) is 10.2. The number of imidazole rings is 1. The molecule has 1 rings (SSSR count). The van der Waals surface area contributed by atoms with E-state index < -0.39 is 6.10 Å². The first kappa shape index (κ1) is 12.5. The molecular formula is C10H18N2O2S. The van der Waals surface area contributed by atoms with Crippen molar-refractivity contribution in [3.05, 3.63) is 12.4 Å². The molecule has 0 bridgehead atoms. The molecule has 2 N–H and O–H groups in total. The highest BCUT2D eigenvalue weighted by atomic mass is 32.2. The normalized spacial score (nSPS) is 14.2. The number of aliphatic hydroxyl groups is 2. The molecule has 1 aromatic heterocycles. The van der Waals surface area contributed by atoms with Crippen molar-refractivity contribution >= 4 is 11.8 Å². The van der Waals surface area contributed by atoms with Crippen molar-refractivity contribution < 1.29 is 10.2 Å². The van der Waals surface area contributed by atoms with Crippen LogP contribution in [-0.4, -0.2) is 38.2 Å². The van der Waals surface area contributed by atoms with E-state index in [0.29, 0.717) is 5.75 Å². The second-order valence-corrected chi connectivity index (χ2v) is 5.39. The first-order chi connectivity index (χ1) is 6.95. The van der Waals surface area contributed by atoms with E-state index in [1.165, 1.54) is 11.8 Å². The summed E-state index contributed by atoms with van der Waals surface area (Å²) >= 11 is 1.46. The van der Waals surface area contributed by atoms with Crippen LogP contribution in [0.4, 0.5) is 0 Å². The smallest absolute Gasteiger partial charge is 0.168 e. The largest absolute Gasteiger partial charge is 0.394 e. The molecule has 0 saturated carbocycles. The average molecular weight is 230 g/mol. The summed E-state index contributed by atoms with van der Waals surface area (Å²) in [6.45, 7) is 6.09. The number of thioether (sulfide) groups is 1. The van der Waals surface area contributed by atoms with E-state index in [1.807, 2.05) is 6.20 Å². The second kappa shape index (κ2) is 5.01. The maximum absolute atomic E-state index is 9.24. The molecule has 0 amide bonds. The van der Waals surface area contributed by atoms with Gasteiger partial charge in [0.05, 0.1) is 12.7 Å². The topological polar surface area (TPSA) is 58.3 Å². The van der Waals surface area contributed by atoms with Gasteiger partial charge in [0.2, 0.25) is 0 Å². The second-order valence-electron chi connectivity index (χ2n) is 4.40. The van der Waals surface area contributed by atoms with Crippen LogP contribution < -0.4 is 0 Å². The van der Waals surface area contributed by atoms with E-state index in [-0.39, 0.29) is 12.1 Å². The minimum atomic E-state index is -0.680. The molecule has 5 heteroatoms. The summed E-state index contributed by atoms with van der Waals surface area (Å²) in [6.07, 6.45) is 2.99. The Morgan fingerprint density at radius 2 is 2.20 bits per heavy atom. The Bertz CT molecular complexity index is 307. The molecule has 15 heavy (non-hydrogen) atoms. The van der Waals surface area contributed by atoms with Crippen LogP contribution in [0.1, 0.15) is 20.8 Å². The third kappa shape index (κ3) is 3.52. The number of hydrogen-bond acceptors (Lipinski definition) is 4. The Hall–Kier alpha value is -0.520. The summed E-state index contributed by atoms with van der Waals surface area (Å²) in [5.74, 6) is 0.462. The molecule has 1 aromatic rings. The van der Waals surface area contributed by atoms with Gasteiger partial charge in [-0.3, -0.25) is 0 Å². The van der Waals surface area contributed by atoms with Gasteiger partial charge in [0.1, 0.15) is 0 Å². The Labute approximate surface area is 94.3 Å². The zero-order chi connectivity index (χ0) is 11.5. The van der Waals surface area contributed by atoms with Gasteiger partial charge in [-0.05, 0) is 20.8 Å². The maximum atomic E-state index is 9.24. The van der Waals surface area contributed by atoms with Gasteiger partial charge in [-0.25, -0.2) is 4.98 Å². The Morgan fingerprint density at radius 1 is 1.53 bits per heavy atom. The molecular weight excluding hydrogens is 212 g/mol. The van der Waals surface area contributed by atoms with E-state index in [4.69, 9.17) is 5.11 Å². The fourth-order valence-electron chi connectivity index (χ4n) is 1.13. The average Bonchev–Trinajstić information content (AvgIpc) is 2.61. The molecule has 1 atom stereocenters. The SMILES string of the molecule is CC(C)(C)n1ccnc1SCC(O)CO. The van der Waals surface area contributed by atoms with Crippen molar-refractivity contribution in [1.82, 2.24) is 9.55 Å². The van der Waals surface area contributed by atoms with Crippen LogP contribution >= 0.6 is 11.8 Å². The van der Waals surface area contributed by atoms with Gasteiger partial charge in [-0.1, -0.05) is 11.8 Å². The summed E-state index contributed by atoms with van der Waals surface area (Å²) < 4.78 is 2.06. The zero-order valence-electron chi connectivity index (χ0n) is 9.34. The third-order valence-corrected chi connectivity index (χ3v) is 3.06. The van der Waals surface area contributed by atoms with Crippen molar-refractivity contribution in [2.45, 2.75) is 37.6 Å². The molecule has 0 aliphatic carbocycles. The van der Waals surface area contributed by atoms with E-state index in [0.717, 1.165) is 5.16 Å². The number of rotatable bonds is 4. The van der Waals surface area contributed by atoms with Crippen molar-refractivity contribution in [3.8, 4) is 0 Å². The molecule has 1 heterocycles. The molecule has 1 unspecified atom stereocenters. The van der Waals surface area contributed by atoms with Gasteiger partial charge >= 0.3 is 0 Å². The fourth-order valence-corrected chi connectivity index (χ4v) is 2.19. The van der Waals surface area contributed by atoms with Gasteiger partial charge < -0.3 is 14.8 Å². The molecule has 0 spiro atoms. The lowest BCUT2D eigenvalue weighted by Gasteiger charge is -2.23. The maximum Gasteiger partial charge on any atom is 0.168 e. The van der Waals surface area contributed by atoms with Gasteiger partial charge in [-0.2, -0.15) is 0 Å². The van der Waals surface area contributed by atoms with Crippen LogP contribution in [0.5, 0.6) is 0 Å². The number of hydrogen-bond donors (Lipinski definition) is 2. The molecule has 0 saturated heterocycles. The first-order valence-corrected chi connectivity index (χ1v) is 5.89. The Morgan fingerprint density at radius 3 is 2.73 bits per heavy atom. The van der Waals surface area contributed by atoms with Crippen molar-refractivity contribution in [3.63, 3.8) is 0 Å². The Balaban J connectivity index is 2.66. The predicted molar refractivity (Wildman–Crippen MR) is 61.0 cm³/mol. The standard InChI is InChI=1S/C10H18N2O2S/c1-10(2,3)12-5-4-11-9(12)15-7-8(14)6-13/h4-5,8,13-14H,6-7H2,1-3H3. The summed E-state index contributed by atoms with van der Waals surface area (Å²) in [5, 5.41) is 18.8. The summed E-state index contributed by atoms with van der Waals surface area (Å²) in [5.41, 5.74) is -0.0109. The van der Waals surface area contributed by atoms with E-state index in [2.05, 4.69) is 30.3 Å². The quantitative estimate of drug-likeness (QED) is 0.760. The molecule has 0 aliphatic heterocycles. The van der Waals surface area contributed by atoms with Crippen LogP contribution in [0.15, 0.2) is 17.6 Å². The molecule has 0 aromatic carbocycles. The molecule has 4 nitrogen and oxygen atoms in total. The van der Waals surface area contributed by atoms with Crippen LogP contribution in [-0.2, 0) is 5.54 Å². The van der Waals surface area contributed by atoms with Gasteiger partial charge in [0, 0.05) is 23.7 Å². The number of aliphatic hydroxyl groups excluding tert-OH is 2. The monoisotopic (exact) mass is 230 g/mol. The minimum absolute atomic E-state index is 0.0109. The summed E-state index contributed by atoms with van der Waals surface area (Å²) in [7, 11) is 0. The molecule has 0 fully saturated rings. The lowest BCUT2D eigenvalue weighted by Crippen LogP contribution is -2.22. The molecule has 86 valence electrons. The first-order valence-electron chi connectivity index (χ1n) is 4.90. The van der Waals surface area contributed by atoms with Gasteiger partial charge in [0.15, 0.2) is 5.16 Å². The van der Waals surface area contributed by atoms with Crippen molar-refractivity contribution in [2.24, 2.45) is 0 Å². The van der Waals surface area contributed by atoms with E-state index >= 15 is 0 Å². The van der Waals surface area contributed by atoms with Gasteiger partial charge in [0.25, 0.3) is 0 Å². The van der Waals surface area contributed by atoms with Crippen molar-refractivity contribution in [2.75, 3.05) is 12.4 Å². The van der Waals surface area contributed by atoms with E-state index in [1.54, 1.807) is 6.20 Å². The van der Waals surface area contributed by atoms with Crippen LogP contribution in [0.2, 0.25) is 0 Å². The van der Waals surface area contributed by atoms with E-state index in [9.17, 15) is 5.11 Å². The van der Waals surface area contributed by atoms with Crippen LogP contribution in [0.25, 0.3) is 0 Å². The summed E-state index contributed by atoms with van der Waals surface area (Å²) in [4.78, 5) is 4.22. The molecule has 0 aliphatic rings. The minimum Gasteiger partial charge on any atom is -0.394 e.